The molecule has 2 heterocycles. The van der Waals surface area contributed by atoms with Gasteiger partial charge in [-0.2, -0.15) is 0 Å². The molecule has 0 saturated carbocycles. The zero-order valence-corrected chi connectivity index (χ0v) is 18.6. The normalized spacial score (nSPS) is 14.4. The summed E-state index contributed by atoms with van der Waals surface area (Å²) in [5.41, 5.74) is 1.21. The summed E-state index contributed by atoms with van der Waals surface area (Å²) in [6, 6.07) is 11.5. The Labute approximate surface area is 182 Å². The van der Waals surface area contributed by atoms with Gasteiger partial charge in [-0.1, -0.05) is 12.1 Å². The number of hydrogen-bond donors (Lipinski definition) is 1. The lowest BCUT2D eigenvalue weighted by molar-refractivity contribution is 0.0658. The topological polar surface area (TPSA) is 70.3 Å². The molecule has 1 aromatic carbocycles. The molecule has 0 spiro atoms. The van der Waals surface area contributed by atoms with Crippen molar-refractivity contribution in [2.45, 2.75) is 6.42 Å². The molecule has 1 aromatic heterocycles. The van der Waals surface area contributed by atoms with Gasteiger partial charge in [-0.3, -0.25) is 9.79 Å². The van der Waals surface area contributed by atoms with E-state index in [9.17, 15) is 4.79 Å². The van der Waals surface area contributed by atoms with Crippen LogP contribution < -0.4 is 10.1 Å². The van der Waals surface area contributed by atoms with Gasteiger partial charge in [-0.05, 0) is 36.2 Å². The molecule has 1 N–H and O–H groups in total. The lowest BCUT2D eigenvalue weighted by Crippen LogP contribution is -2.53. The number of carbonyl (C=O) groups excluding carboxylic acids is 1. The zero-order valence-electron chi connectivity index (χ0n) is 16.3. The first-order chi connectivity index (χ1) is 13.2. The summed E-state index contributed by atoms with van der Waals surface area (Å²) >= 11 is 0. The van der Waals surface area contributed by atoms with Crippen LogP contribution in [0.3, 0.4) is 0 Å². The molecule has 0 radical (unpaired) electrons. The SMILES string of the molecule is CN=C(NCCc1cccc(OC)c1)N1CCN(C(=O)c2ccco2)CC1.I. The number of furan rings is 1. The third-order valence-electron chi connectivity index (χ3n) is 4.64. The molecule has 1 aliphatic rings. The molecule has 0 atom stereocenters. The number of rotatable bonds is 5. The predicted molar refractivity (Wildman–Crippen MR) is 120 cm³/mol. The van der Waals surface area contributed by atoms with Gasteiger partial charge in [0.25, 0.3) is 5.91 Å². The maximum Gasteiger partial charge on any atom is 0.289 e. The Morgan fingerprint density at radius 3 is 2.57 bits per heavy atom. The second-order valence-corrected chi connectivity index (χ2v) is 6.33. The molecule has 1 fully saturated rings. The maximum absolute atomic E-state index is 12.3. The lowest BCUT2D eigenvalue weighted by atomic mass is 10.1. The van der Waals surface area contributed by atoms with Crippen molar-refractivity contribution in [2.75, 3.05) is 46.9 Å². The van der Waals surface area contributed by atoms with Gasteiger partial charge in [0.2, 0.25) is 0 Å². The number of piperazine rings is 1. The fourth-order valence-electron chi connectivity index (χ4n) is 3.16. The third-order valence-corrected chi connectivity index (χ3v) is 4.64. The van der Waals surface area contributed by atoms with Crippen molar-refractivity contribution in [3.63, 3.8) is 0 Å². The number of methoxy groups -OCH3 is 1. The highest BCUT2D eigenvalue weighted by Gasteiger charge is 2.24. The molecular weight excluding hydrogens is 471 g/mol. The molecule has 0 unspecified atom stereocenters. The molecule has 8 heteroatoms. The number of nitrogens with one attached hydrogen (secondary N) is 1. The van der Waals surface area contributed by atoms with Crippen LogP contribution in [-0.4, -0.2) is 68.5 Å². The summed E-state index contributed by atoms with van der Waals surface area (Å²) in [7, 11) is 3.46. The van der Waals surface area contributed by atoms with Crippen molar-refractivity contribution in [2.24, 2.45) is 4.99 Å². The number of aliphatic imine (C=N–C) groups is 1. The van der Waals surface area contributed by atoms with Gasteiger partial charge in [0.05, 0.1) is 13.4 Å². The van der Waals surface area contributed by atoms with E-state index >= 15 is 0 Å². The minimum atomic E-state index is -0.0550. The minimum absolute atomic E-state index is 0. The number of carbonyl (C=O) groups is 1. The van der Waals surface area contributed by atoms with Crippen LogP contribution in [0, 0.1) is 0 Å². The molecule has 152 valence electrons. The van der Waals surface area contributed by atoms with Gasteiger partial charge >= 0.3 is 0 Å². The predicted octanol–water partition coefficient (Wildman–Crippen LogP) is 2.48. The summed E-state index contributed by atoms with van der Waals surface area (Å²) in [5, 5.41) is 3.41. The van der Waals surface area contributed by atoms with Crippen molar-refractivity contribution < 1.29 is 13.9 Å². The summed E-state index contributed by atoms with van der Waals surface area (Å²) in [5.74, 6) is 2.07. The summed E-state index contributed by atoms with van der Waals surface area (Å²) in [4.78, 5) is 20.7. The highest BCUT2D eigenvalue weighted by molar-refractivity contribution is 14.0. The fraction of sp³-hybridized carbons (Fsp3) is 0.400. The van der Waals surface area contributed by atoms with Crippen molar-refractivity contribution in [1.29, 1.82) is 0 Å². The maximum atomic E-state index is 12.3. The Morgan fingerprint density at radius 2 is 1.93 bits per heavy atom. The molecule has 28 heavy (non-hydrogen) atoms. The lowest BCUT2D eigenvalue weighted by Gasteiger charge is -2.36. The van der Waals surface area contributed by atoms with E-state index in [0.29, 0.717) is 18.8 Å². The van der Waals surface area contributed by atoms with E-state index in [4.69, 9.17) is 9.15 Å². The molecule has 3 rings (SSSR count). The first-order valence-corrected chi connectivity index (χ1v) is 9.12. The highest BCUT2D eigenvalue weighted by Crippen LogP contribution is 2.13. The number of nitrogens with zero attached hydrogens (tertiary/aromatic N) is 3. The van der Waals surface area contributed by atoms with Crippen LogP contribution >= 0.6 is 24.0 Å². The van der Waals surface area contributed by atoms with Crippen LogP contribution in [0.1, 0.15) is 16.1 Å². The zero-order chi connectivity index (χ0) is 19.1. The van der Waals surface area contributed by atoms with E-state index in [1.165, 1.54) is 11.8 Å². The van der Waals surface area contributed by atoms with Crippen molar-refractivity contribution in [3.8, 4) is 5.75 Å². The van der Waals surface area contributed by atoms with Crippen LogP contribution in [-0.2, 0) is 6.42 Å². The Balaban J connectivity index is 0.00000280. The van der Waals surface area contributed by atoms with Crippen molar-refractivity contribution in [3.05, 3.63) is 54.0 Å². The first-order valence-electron chi connectivity index (χ1n) is 9.12. The molecule has 1 aliphatic heterocycles. The molecule has 7 nitrogen and oxygen atoms in total. The second kappa shape index (κ2) is 10.9. The van der Waals surface area contributed by atoms with Gasteiger partial charge in [-0.25, -0.2) is 0 Å². The van der Waals surface area contributed by atoms with E-state index in [2.05, 4.69) is 21.3 Å². The van der Waals surface area contributed by atoms with Crippen LogP contribution in [0.25, 0.3) is 0 Å². The van der Waals surface area contributed by atoms with Crippen LogP contribution in [0.15, 0.2) is 52.1 Å². The van der Waals surface area contributed by atoms with Gasteiger partial charge in [0, 0.05) is 39.8 Å². The number of ether oxygens (including phenoxy) is 1. The largest absolute Gasteiger partial charge is 0.497 e. The smallest absolute Gasteiger partial charge is 0.289 e. The molecule has 0 bridgehead atoms. The Kier molecular flexibility index (Phi) is 8.62. The Bertz CT molecular complexity index is 772. The quantitative estimate of drug-likeness (QED) is 0.390. The number of benzene rings is 1. The first kappa shape index (κ1) is 22.1. The molecule has 0 aliphatic carbocycles. The standard InChI is InChI=1S/C20H26N4O3.HI/c1-21-20(22-9-8-16-5-3-6-17(15-16)26-2)24-12-10-23(11-13-24)19(25)18-7-4-14-27-18;/h3-7,14-15H,8-13H2,1-2H3,(H,21,22);1H. The number of amides is 1. The summed E-state index contributed by atoms with van der Waals surface area (Å²) in [6.07, 6.45) is 2.41. The van der Waals surface area contributed by atoms with Crippen LogP contribution in [0.4, 0.5) is 0 Å². The number of guanidine groups is 1. The van der Waals surface area contributed by atoms with E-state index in [0.717, 1.165) is 37.8 Å². The van der Waals surface area contributed by atoms with E-state index < -0.39 is 0 Å². The molecule has 1 saturated heterocycles. The average molecular weight is 498 g/mol. The number of halogens is 1. The monoisotopic (exact) mass is 498 g/mol. The number of hydrogen-bond acceptors (Lipinski definition) is 4. The molecule has 2 aromatic rings. The fourth-order valence-corrected chi connectivity index (χ4v) is 3.16. The van der Waals surface area contributed by atoms with Crippen LogP contribution in [0.5, 0.6) is 5.75 Å². The van der Waals surface area contributed by atoms with Gasteiger partial charge in [0.15, 0.2) is 11.7 Å². The minimum Gasteiger partial charge on any atom is -0.497 e. The van der Waals surface area contributed by atoms with E-state index in [1.807, 2.05) is 23.1 Å². The summed E-state index contributed by atoms with van der Waals surface area (Å²) < 4.78 is 10.5. The van der Waals surface area contributed by atoms with Gasteiger partial charge in [-0.15, -0.1) is 24.0 Å². The molecular formula is C20H27IN4O3. The van der Waals surface area contributed by atoms with Gasteiger partial charge < -0.3 is 24.3 Å². The highest BCUT2D eigenvalue weighted by atomic mass is 127. The van der Waals surface area contributed by atoms with Crippen LogP contribution in [0.2, 0.25) is 0 Å². The summed E-state index contributed by atoms with van der Waals surface area (Å²) in [6.45, 7) is 3.56. The average Bonchev–Trinajstić information content (AvgIpc) is 3.26. The Morgan fingerprint density at radius 1 is 1.18 bits per heavy atom. The van der Waals surface area contributed by atoms with E-state index in [1.54, 1.807) is 26.3 Å². The molecule has 1 amide bonds. The Hall–Kier alpha value is -2.23. The van der Waals surface area contributed by atoms with Crippen molar-refractivity contribution >= 4 is 35.8 Å². The second-order valence-electron chi connectivity index (χ2n) is 6.33. The van der Waals surface area contributed by atoms with Crippen molar-refractivity contribution in [1.82, 2.24) is 15.1 Å². The third kappa shape index (κ3) is 5.63. The van der Waals surface area contributed by atoms with E-state index in [-0.39, 0.29) is 29.9 Å². The van der Waals surface area contributed by atoms with Gasteiger partial charge in [0.1, 0.15) is 5.75 Å².